The van der Waals surface area contributed by atoms with Crippen LogP contribution in [0, 0.1) is 10.1 Å². The number of carboxylic acid groups (broad SMARTS) is 1. The van der Waals surface area contributed by atoms with Crippen LogP contribution in [0.1, 0.15) is 23.7 Å². The fourth-order valence-electron chi connectivity index (χ4n) is 1.91. The lowest BCUT2D eigenvalue weighted by molar-refractivity contribution is -0.385. The van der Waals surface area contributed by atoms with Crippen LogP contribution in [0.4, 0.5) is 5.69 Å². The first-order chi connectivity index (χ1) is 9.92. The summed E-state index contributed by atoms with van der Waals surface area (Å²) >= 11 is 0. The van der Waals surface area contributed by atoms with Gasteiger partial charge in [-0.3, -0.25) is 19.7 Å². The molecule has 0 aliphatic rings. The second-order valence-corrected chi connectivity index (χ2v) is 4.24. The van der Waals surface area contributed by atoms with Gasteiger partial charge in [0.2, 0.25) is 5.75 Å². The third kappa shape index (κ3) is 3.91. The van der Waals surface area contributed by atoms with Gasteiger partial charge in [-0.15, -0.1) is 0 Å². The number of ether oxygens (including phenoxy) is 1. The van der Waals surface area contributed by atoms with Gasteiger partial charge in [0, 0.05) is 12.6 Å². The van der Waals surface area contributed by atoms with E-state index in [1.165, 1.54) is 25.3 Å². The minimum absolute atomic E-state index is 0.0265. The third-order valence-electron chi connectivity index (χ3n) is 2.73. The molecule has 8 heteroatoms. The molecule has 0 aliphatic heterocycles. The molecular formula is C13H16N2O6. The van der Waals surface area contributed by atoms with Crippen molar-refractivity contribution in [1.82, 2.24) is 4.90 Å². The molecule has 0 atom stereocenters. The summed E-state index contributed by atoms with van der Waals surface area (Å²) in [4.78, 5) is 34.6. The molecule has 1 rings (SSSR count). The van der Waals surface area contributed by atoms with Gasteiger partial charge in [-0.1, -0.05) is 13.0 Å². The summed E-state index contributed by atoms with van der Waals surface area (Å²) < 4.78 is 4.96. The molecule has 0 unspecified atom stereocenters. The van der Waals surface area contributed by atoms with Gasteiger partial charge in [0.05, 0.1) is 17.6 Å². The Morgan fingerprint density at radius 2 is 2.10 bits per heavy atom. The van der Waals surface area contributed by atoms with Crippen molar-refractivity contribution in [3.8, 4) is 5.75 Å². The predicted molar refractivity (Wildman–Crippen MR) is 73.5 cm³/mol. The summed E-state index contributed by atoms with van der Waals surface area (Å²) in [5.41, 5.74) is -0.364. The number of nitrogens with zero attached hydrogens (tertiary/aromatic N) is 2. The Morgan fingerprint density at radius 1 is 1.43 bits per heavy atom. The number of carboxylic acids is 1. The molecule has 0 heterocycles. The fraction of sp³-hybridized carbons (Fsp3) is 0.385. The van der Waals surface area contributed by atoms with Crippen LogP contribution in [0.15, 0.2) is 18.2 Å². The molecule has 1 N–H and O–H groups in total. The zero-order valence-electron chi connectivity index (χ0n) is 11.7. The quantitative estimate of drug-likeness (QED) is 0.603. The normalized spacial score (nSPS) is 10.0. The van der Waals surface area contributed by atoms with E-state index in [-0.39, 0.29) is 23.5 Å². The molecule has 1 amide bonds. The maximum Gasteiger partial charge on any atom is 0.323 e. The van der Waals surface area contributed by atoms with E-state index in [1.807, 2.05) is 0 Å². The smallest absolute Gasteiger partial charge is 0.323 e. The van der Waals surface area contributed by atoms with Crippen molar-refractivity contribution in [3.63, 3.8) is 0 Å². The van der Waals surface area contributed by atoms with Gasteiger partial charge in [-0.2, -0.15) is 0 Å². The number of carbonyl (C=O) groups excluding carboxylic acids is 1. The molecular weight excluding hydrogens is 280 g/mol. The lowest BCUT2D eigenvalue weighted by Crippen LogP contribution is -2.36. The van der Waals surface area contributed by atoms with Crippen LogP contribution >= 0.6 is 0 Å². The number of nitro groups is 1. The van der Waals surface area contributed by atoms with Crippen LogP contribution in [-0.2, 0) is 4.79 Å². The lowest BCUT2D eigenvalue weighted by atomic mass is 10.1. The summed E-state index contributed by atoms with van der Waals surface area (Å²) in [6, 6.07) is 3.95. The SMILES string of the molecule is CCCN(CC(=O)O)C(=O)c1cccc([N+](=O)[O-])c1OC. The number of amides is 1. The first-order valence-corrected chi connectivity index (χ1v) is 6.24. The monoisotopic (exact) mass is 296 g/mol. The molecule has 8 nitrogen and oxygen atoms in total. The van der Waals surface area contributed by atoms with Gasteiger partial charge >= 0.3 is 11.7 Å². The standard InChI is InChI=1S/C13H16N2O6/c1-3-7-14(8-11(16)17)13(18)9-5-4-6-10(15(19)20)12(9)21-2/h4-6H,3,7-8H2,1-2H3,(H,16,17). The van der Waals surface area contributed by atoms with Crippen LogP contribution < -0.4 is 4.74 Å². The van der Waals surface area contributed by atoms with Crippen molar-refractivity contribution in [1.29, 1.82) is 0 Å². The Labute approximate surface area is 121 Å². The molecule has 21 heavy (non-hydrogen) atoms. The lowest BCUT2D eigenvalue weighted by Gasteiger charge is -2.20. The maximum absolute atomic E-state index is 12.4. The number of methoxy groups -OCH3 is 1. The van der Waals surface area contributed by atoms with Crippen LogP contribution in [0.3, 0.4) is 0 Å². The Morgan fingerprint density at radius 3 is 2.57 bits per heavy atom. The van der Waals surface area contributed by atoms with E-state index < -0.39 is 23.3 Å². The first-order valence-electron chi connectivity index (χ1n) is 6.24. The second kappa shape index (κ2) is 7.22. The molecule has 0 radical (unpaired) electrons. The van der Waals surface area contributed by atoms with Crippen LogP contribution in [0.5, 0.6) is 5.75 Å². The highest BCUT2D eigenvalue weighted by Crippen LogP contribution is 2.31. The number of nitro benzene ring substituents is 1. The van der Waals surface area contributed by atoms with Crippen molar-refractivity contribution in [2.75, 3.05) is 20.2 Å². The Balaban J connectivity index is 3.23. The third-order valence-corrected chi connectivity index (χ3v) is 2.73. The van der Waals surface area contributed by atoms with Gasteiger partial charge in [-0.05, 0) is 12.5 Å². The molecule has 0 aliphatic carbocycles. The van der Waals surface area contributed by atoms with E-state index in [0.717, 1.165) is 4.90 Å². The molecule has 114 valence electrons. The highest BCUT2D eigenvalue weighted by molar-refractivity contribution is 5.99. The number of para-hydroxylation sites is 1. The Hall–Kier alpha value is -2.64. The van der Waals surface area contributed by atoms with Crippen molar-refractivity contribution in [2.45, 2.75) is 13.3 Å². The van der Waals surface area contributed by atoms with Gasteiger partial charge in [-0.25, -0.2) is 0 Å². The van der Waals surface area contributed by atoms with E-state index in [2.05, 4.69) is 0 Å². The van der Waals surface area contributed by atoms with Crippen molar-refractivity contribution >= 4 is 17.6 Å². The van der Waals surface area contributed by atoms with E-state index >= 15 is 0 Å². The number of aliphatic carboxylic acids is 1. The van der Waals surface area contributed by atoms with E-state index in [0.29, 0.717) is 6.42 Å². The van der Waals surface area contributed by atoms with E-state index in [4.69, 9.17) is 9.84 Å². The number of hydrogen-bond acceptors (Lipinski definition) is 5. The molecule has 1 aromatic rings. The van der Waals surface area contributed by atoms with E-state index in [9.17, 15) is 19.7 Å². The number of hydrogen-bond donors (Lipinski definition) is 1. The second-order valence-electron chi connectivity index (χ2n) is 4.24. The van der Waals surface area contributed by atoms with Crippen molar-refractivity contribution in [3.05, 3.63) is 33.9 Å². The molecule has 1 aromatic carbocycles. The zero-order valence-corrected chi connectivity index (χ0v) is 11.7. The van der Waals surface area contributed by atoms with Gasteiger partial charge in [0.15, 0.2) is 0 Å². The summed E-state index contributed by atoms with van der Waals surface area (Å²) in [5, 5.41) is 19.8. The van der Waals surface area contributed by atoms with Crippen LogP contribution in [-0.4, -0.2) is 47.0 Å². The Kier molecular flexibility index (Phi) is 5.65. The topological polar surface area (TPSA) is 110 Å². The molecule has 0 spiro atoms. The molecule has 0 bridgehead atoms. The average molecular weight is 296 g/mol. The molecule has 0 saturated carbocycles. The minimum atomic E-state index is -1.15. The molecule has 0 saturated heterocycles. The fourth-order valence-corrected chi connectivity index (χ4v) is 1.91. The first kappa shape index (κ1) is 16.4. The summed E-state index contributed by atoms with van der Waals surface area (Å²) in [6.07, 6.45) is 0.566. The summed E-state index contributed by atoms with van der Waals surface area (Å²) in [7, 11) is 1.22. The number of benzene rings is 1. The molecule has 0 fully saturated rings. The molecule has 0 aromatic heterocycles. The predicted octanol–water partition coefficient (Wildman–Crippen LogP) is 1.54. The van der Waals surface area contributed by atoms with E-state index in [1.54, 1.807) is 6.92 Å². The zero-order chi connectivity index (χ0) is 16.0. The highest BCUT2D eigenvalue weighted by Gasteiger charge is 2.26. The van der Waals surface area contributed by atoms with Gasteiger partial charge < -0.3 is 14.7 Å². The summed E-state index contributed by atoms with van der Waals surface area (Å²) in [6.45, 7) is 1.56. The Bertz CT molecular complexity index is 558. The van der Waals surface area contributed by atoms with Gasteiger partial charge in [0.25, 0.3) is 5.91 Å². The number of rotatable bonds is 7. The minimum Gasteiger partial charge on any atom is -0.490 e. The largest absolute Gasteiger partial charge is 0.490 e. The van der Waals surface area contributed by atoms with Crippen LogP contribution in [0.25, 0.3) is 0 Å². The van der Waals surface area contributed by atoms with Gasteiger partial charge in [0.1, 0.15) is 6.54 Å². The number of carbonyl (C=O) groups is 2. The average Bonchev–Trinajstić information content (AvgIpc) is 2.44. The van der Waals surface area contributed by atoms with Crippen LogP contribution in [0.2, 0.25) is 0 Å². The highest BCUT2D eigenvalue weighted by atomic mass is 16.6. The summed E-state index contributed by atoms with van der Waals surface area (Å²) in [5.74, 6) is -1.93. The van der Waals surface area contributed by atoms with Crippen molar-refractivity contribution < 1.29 is 24.4 Å². The maximum atomic E-state index is 12.4. The van der Waals surface area contributed by atoms with Crippen molar-refractivity contribution in [2.24, 2.45) is 0 Å².